The molecule has 0 saturated heterocycles. The predicted octanol–water partition coefficient (Wildman–Crippen LogP) is 4.57. The number of imidazole rings is 1. The van der Waals surface area contributed by atoms with Crippen molar-refractivity contribution in [3.05, 3.63) is 91.5 Å². The zero-order valence-electron chi connectivity index (χ0n) is 16.5. The molecular weight excluding hydrogens is 378 g/mol. The second-order valence-corrected chi connectivity index (χ2v) is 6.58. The summed E-state index contributed by atoms with van der Waals surface area (Å²) in [7, 11) is 1.65. The number of ether oxygens (including phenoxy) is 2. The fraction of sp³-hybridized carbons (Fsp3) is 0.0833. The molecule has 3 aromatic carbocycles. The number of anilines is 1. The number of amides is 1. The lowest BCUT2D eigenvalue weighted by molar-refractivity contribution is -0.118. The van der Waals surface area contributed by atoms with E-state index < -0.39 is 0 Å². The van der Waals surface area contributed by atoms with Crippen molar-refractivity contribution < 1.29 is 14.3 Å². The molecule has 0 atom stereocenters. The molecule has 1 heterocycles. The quantitative estimate of drug-likeness (QED) is 0.495. The van der Waals surface area contributed by atoms with Crippen LogP contribution in [0.15, 0.2) is 91.5 Å². The lowest BCUT2D eigenvalue weighted by Crippen LogP contribution is -2.20. The smallest absolute Gasteiger partial charge is 0.262 e. The minimum Gasteiger partial charge on any atom is -0.496 e. The van der Waals surface area contributed by atoms with Crippen molar-refractivity contribution in [2.45, 2.75) is 0 Å². The minimum atomic E-state index is -0.223. The fourth-order valence-corrected chi connectivity index (χ4v) is 3.09. The van der Waals surface area contributed by atoms with Gasteiger partial charge in [-0.1, -0.05) is 30.3 Å². The number of aromatic nitrogens is 2. The molecule has 0 aliphatic carbocycles. The van der Waals surface area contributed by atoms with Crippen LogP contribution < -0.4 is 14.8 Å². The normalized spacial score (nSPS) is 10.4. The molecule has 0 spiro atoms. The summed E-state index contributed by atoms with van der Waals surface area (Å²) in [6.45, 7) is -0.0708. The van der Waals surface area contributed by atoms with E-state index in [1.165, 1.54) is 0 Å². The summed E-state index contributed by atoms with van der Waals surface area (Å²) in [6.07, 6.45) is 5.31. The highest BCUT2D eigenvalue weighted by atomic mass is 16.5. The molecule has 4 rings (SSSR count). The third-order valence-electron chi connectivity index (χ3n) is 4.60. The Morgan fingerprint density at radius 3 is 2.47 bits per heavy atom. The van der Waals surface area contributed by atoms with Crippen molar-refractivity contribution in [2.24, 2.45) is 0 Å². The summed E-state index contributed by atoms with van der Waals surface area (Å²) >= 11 is 0. The molecule has 1 N–H and O–H groups in total. The number of methoxy groups -OCH3 is 1. The Hall–Kier alpha value is -4.06. The standard InChI is InChI=1S/C24H21N3O3/c1-29-23-5-3-2-4-22(23)18-6-8-19(9-7-18)26-24(28)16-30-21-12-10-20(11-13-21)27-15-14-25-17-27/h2-15,17H,16H2,1H3,(H,26,28). The number of hydrogen-bond donors (Lipinski definition) is 1. The predicted molar refractivity (Wildman–Crippen MR) is 116 cm³/mol. The van der Waals surface area contributed by atoms with Gasteiger partial charge in [-0.05, 0) is 48.0 Å². The van der Waals surface area contributed by atoms with Crippen molar-refractivity contribution in [1.29, 1.82) is 0 Å². The van der Waals surface area contributed by atoms with Gasteiger partial charge in [0, 0.05) is 29.3 Å². The van der Waals surface area contributed by atoms with Gasteiger partial charge in [0.2, 0.25) is 0 Å². The zero-order valence-corrected chi connectivity index (χ0v) is 16.5. The van der Waals surface area contributed by atoms with Gasteiger partial charge in [0.25, 0.3) is 5.91 Å². The van der Waals surface area contributed by atoms with Gasteiger partial charge in [0.1, 0.15) is 11.5 Å². The van der Waals surface area contributed by atoms with E-state index in [0.29, 0.717) is 11.4 Å². The van der Waals surface area contributed by atoms with Crippen LogP contribution in [0.4, 0.5) is 5.69 Å². The Labute approximate surface area is 174 Å². The molecule has 0 aliphatic heterocycles. The van der Waals surface area contributed by atoms with E-state index in [4.69, 9.17) is 9.47 Å². The van der Waals surface area contributed by atoms with Crippen LogP contribution >= 0.6 is 0 Å². The summed E-state index contributed by atoms with van der Waals surface area (Å²) in [5.74, 6) is 1.21. The first-order valence-electron chi connectivity index (χ1n) is 9.47. The van der Waals surface area contributed by atoms with E-state index >= 15 is 0 Å². The maximum atomic E-state index is 12.2. The molecule has 0 saturated carbocycles. The summed E-state index contributed by atoms with van der Waals surface area (Å²) in [6, 6.07) is 22.9. The first kappa shape index (κ1) is 19.3. The van der Waals surface area contributed by atoms with E-state index in [-0.39, 0.29) is 12.5 Å². The molecular formula is C24H21N3O3. The van der Waals surface area contributed by atoms with Crippen molar-refractivity contribution in [2.75, 3.05) is 19.0 Å². The SMILES string of the molecule is COc1ccccc1-c1ccc(NC(=O)COc2ccc(-n3ccnc3)cc2)cc1. The number of nitrogens with zero attached hydrogens (tertiary/aromatic N) is 2. The molecule has 0 unspecified atom stereocenters. The fourth-order valence-electron chi connectivity index (χ4n) is 3.09. The summed E-state index contributed by atoms with van der Waals surface area (Å²) < 4.78 is 12.9. The Bertz CT molecular complexity index is 1110. The van der Waals surface area contributed by atoms with Gasteiger partial charge in [-0.2, -0.15) is 0 Å². The summed E-state index contributed by atoms with van der Waals surface area (Å²) in [5.41, 5.74) is 3.69. The van der Waals surface area contributed by atoms with Gasteiger partial charge >= 0.3 is 0 Å². The first-order chi connectivity index (χ1) is 14.7. The molecule has 1 amide bonds. The second-order valence-electron chi connectivity index (χ2n) is 6.58. The van der Waals surface area contributed by atoms with Crippen molar-refractivity contribution in [3.63, 3.8) is 0 Å². The van der Waals surface area contributed by atoms with Gasteiger partial charge in [-0.3, -0.25) is 4.79 Å². The maximum Gasteiger partial charge on any atom is 0.262 e. The van der Waals surface area contributed by atoms with Gasteiger partial charge in [0.15, 0.2) is 6.61 Å². The van der Waals surface area contributed by atoms with Gasteiger partial charge in [-0.25, -0.2) is 4.98 Å². The lowest BCUT2D eigenvalue weighted by Gasteiger charge is -2.10. The molecule has 150 valence electrons. The zero-order chi connectivity index (χ0) is 20.8. The van der Waals surface area contributed by atoms with E-state index in [9.17, 15) is 4.79 Å². The number of carbonyl (C=O) groups is 1. The molecule has 0 bridgehead atoms. The molecule has 0 radical (unpaired) electrons. The average molecular weight is 399 g/mol. The highest BCUT2D eigenvalue weighted by Crippen LogP contribution is 2.30. The number of para-hydroxylation sites is 1. The highest BCUT2D eigenvalue weighted by Gasteiger charge is 2.07. The molecule has 1 aromatic heterocycles. The average Bonchev–Trinajstić information content (AvgIpc) is 3.34. The third-order valence-corrected chi connectivity index (χ3v) is 4.60. The van der Waals surface area contributed by atoms with Crippen LogP contribution in [0.3, 0.4) is 0 Å². The largest absolute Gasteiger partial charge is 0.496 e. The van der Waals surface area contributed by atoms with Crippen LogP contribution in [0.2, 0.25) is 0 Å². The monoisotopic (exact) mass is 399 g/mol. The third kappa shape index (κ3) is 4.50. The summed E-state index contributed by atoms with van der Waals surface area (Å²) in [5, 5.41) is 2.85. The van der Waals surface area contributed by atoms with Crippen LogP contribution in [0.25, 0.3) is 16.8 Å². The molecule has 6 heteroatoms. The van der Waals surface area contributed by atoms with Crippen LogP contribution in [0, 0.1) is 0 Å². The van der Waals surface area contributed by atoms with Gasteiger partial charge in [0.05, 0.1) is 13.4 Å². The Kier molecular flexibility index (Phi) is 5.75. The molecule has 4 aromatic rings. The van der Waals surface area contributed by atoms with Crippen LogP contribution in [0.1, 0.15) is 0 Å². The lowest BCUT2D eigenvalue weighted by atomic mass is 10.0. The van der Waals surface area contributed by atoms with Crippen molar-refractivity contribution in [1.82, 2.24) is 9.55 Å². The second kappa shape index (κ2) is 8.96. The van der Waals surface area contributed by atoms with Crippen LogP contribution in [-0.2, 0) is 4.79 Å². The number of hydrogen-bond acceptors (Lipinski definition) is 4. The van der Waals surface area contributed by atoms with Crippen molar-refractivity contribution in [3.8, 4) is 28.3 Å². The van der Waals surface area contributed by atoms with Gasteiger partial charge < -0.3 is 19.4 Å². The van der Waals surface area contributed by atoms with E-state index in [0.717, 1.165) is 22.6 Å². The molecule has 0 aliphatic rings. The topological polar surface area (TPSA) is 65.4 Å². The Morgan fingerprint density at radius 1 is 1.00 bits per heavy atom. The van der Waals surface area contributed by atoms with E-state index in [1.807, 2.05) is 83.6 Å². The molecule has 0 fully saturated rings. The highest BCUT2D eigenvalue weighted by molar-refractivity contribution is 5.92. The Morgan fingerprint density at radius 2 is 1.77 bits per heavy atom. The minimum absolute atomic E-state index is 0.0708. The van der Waals surface area contributed by atoms with Crippen LogP contribution in [0.5, 0.6) is 11.5 Å². The maximum absolute atomic E-state index is 12.2. The Balaban J connectivity index is 1.33. The number of nitrogens with one attached hydrogen (secondary N) is 1. The van der Waals surface area contributed by atoms with E-state index in [2.05, 4.69) is 10.3 Å². The molecule has 30 heavy (non-hydrogen) atoms. The number of benzene rings is 3. The van der Waals surface area contributed by atoms with E-state index in [1.54, 1.807) is 19.6 Å². The van der Waals surface area contributed by atoms with Crippen molar-refractivity contribution >= 4 is 11.6 Å². The number of rotatable bonds is 7. The first-order valence-corrected chi connectivity index (χ1v) is 9.47. The van der Waals surface area contributed by atoms with Gasteiger partial charge in [-0.15, -0.1) is 0 Å². The van der Waals surface area contributed by atoms with Crippen LogP contribution in [-0.4, -0.2) is 29.2 Å². The number of carbonyl (C=O) groups excluding carboxylic acids is 1. The summed E-state index contributed by atoms with van der Waals surface area (Å²) in [4.78, 5) is 16.3. The molecule has 6 nitrogen and oxygen atoms in total.